The second-order valence-corrected chi connectivity index (χ2v) is 4.20. The molecule has 0 aliphatic heterocycles. The van der Waals surface area contributed by atoms with Crippen LogP contribution in [-0.2, 0) is 4.74 Å². The highest BCUT2D eigenvalue weighted by molar-refractivity contribution is 5.47. The van der Waals surface area contributed by atoms with Crippen molar-refractivity contribution in [2.24, 2.45) is 0 Å². The third kappa shape index (κ3) is 5.38. The number of hydrogen-bond acceptors (Lipinski definition) is 4. The van der Waals surface area contributed by atoms with Gasteiger partial charge in [-0.15, -0.1) is 0 Å². The van der Waals surface area contributed by atoms with Gasteiger partial charge in [0.25, 0.3) is 0 Å². The molecule has 0 unspecified atom stereocenters. The third-order valence-electron chi connectivity index (χ3n) is 2.54. The van der Waals surface area contributed by atoms with E-state index in [0.717, 1.165) is 25.3 Å². The molecule has 1 heterocycles. The Hall–Kier alpha value is -1.43. The summed E-state index contributed by atoms with van der Waals surface area (Å²) in [6.07, 6.45) is 2.57. The lowest BCUT2D eigenvalue weighted by Crippen LogP contribution is -2.10. The lowest BCUT2D eigenvalue weighted by atomic mass is 10.3. The summed E-state index contributed by atoms with van der Waals surface area (Å²) in [6.45, 7) is 3.81. The number of nitrogens with zero attached hydrogens (tertiary/aromatic N) is 1. The first-order valence-electron chi connectivity index (χ1n) is 6.51. The molecule has 1 aromatic rings. The highest BCUT2D eigenvalue weighted by Gasteiger charge is 2.10. The lowest BCUT2D eigenvalue weighted by Gasteiger charge is -2.10. The van der Waals surface area contributed by atoms with Gasteiger partial charge >= 0.3 is 0 Å². The molecule has 0 aliphatic rings. The molecule has 0 fully saturated rings. The van der Waals surface area contributed by atoms with Crippen molar-refractivity contribution in [3.8, 4) is 0 Å². The molecule has 0 saturated carbocycles. The van der Waals surface area contributed by atoms with Gasteiger partial charge in [0.2, 0.25) is 0 Å². The molecular weight excluding hydrogens is 252 g/mol. The Kier molecular flexibility index (Phi) is 7.10. The van der Waals surface area contributed by atoms with Gasteiger partial charge in [0.05, 0.1) is 0 Å². The lowest BCUT2D eigenvalue weighted by molar-refractivity contribution is 0.193. The van der Waals surface area contributed by atoms with Crippen LogP contribution < -0.4 is 10.6 Å². The van der Waals surface area contributed by atoms with Crippen LogP contribution in [0.25, 0.3) is 0 Å². The molecule has 108 valence electrons. The summed E-state index contributed by atoms with van der Waals surface area (Å²) in [5, 5.41) is 5.70. The van der Waals surface area contributed by atoms with E-state index in [1.807, 2.05) is 6.92 Å². The summed E-state index contributed by atoms with van der Waals surface area (Å²) in [7, 11) is 1.64. The maximum Gasteiger partial charge on any atom is 0.168 e. The first kappa shape index (κ1) is 15.6. The van der Waals surface area contributed by atoms with Crippen LogP contribution in [0, 0.1) is 11.6 Å². The number of anilines is 2. The summed E-state index contributed by atoms with van der Waals surface area (Å²) in [4.78, 5) is 3.92. The van der Waals surface area contributed by atoms with Crippen LogP contribution in [0.2, 0.25) is 0 Å². The summed E-state index contributed by atoms with van der Waals surface area (Å²) in [6, 6.07) is 0.850. The zero-order chi connectivity index (χ0) is 14.1. The minimum atomic E-state index is -0.675. The Balaban J connectivity index is 2.56. The number of nitrogens with one attached hydrogen (secondary N) is 2. The van der Waals surface area contributed by atoms with Gasteiger partial charge in [0.1, 0.15) is 0 Å². The van der Waals surface area contributed by atoms with E-state index in [-0.39, 0.29) is 11.6 Å². The Morgan fingerprint density at radius 1 is 1.11 bits per heavy atom. The largest absolute Gasteiger partial charge is 0.385 e. The van der Waals surface area contributed by atoms with Crippen molar-refractivity contribution in [1.82, 2.24) is 4.98 Å². The number of aromatic nitrogens is 1. The number of ether oxygens (including phenoxy) is 1. The number of unbranched alkanes of at least 4 members (excludes halogenated alkanes) is 1. The third-order valence-corrected chi connectivity index (χ3v) is 2.54. The van der Waals surface area contributed by atoms with Crippen LogP contribution >= 0.6 is 0 Å². The molecule has 0 amide bonds. The molecule has 1 rings (SSSR count). The number of methoxy groups -OCH3 is 1. The van der Waals surface area contributed by atoms with Crippen molar-refractivity contribution in [3.63, 3.8) is 0 Å². The van der Waals surface area contributed by atoms with Crippen molar-refractivity contribution in [1.29, 1.82) is 0 Å². The smallest absolute Gasteiger partial charge is 0.168 e. The van der Waals surface area contributed by atoms with Gasteiger partial charge in [-0.2, -0.15) is 0 Å². The molecule has 1 aromatic heterocycles. The van der Waals surface area contributed by atoms with E-state index >= 15 is 0 Å². The molecule has 4 nitrogen and oxygen atoms in total. The van der Waals surface area contributed by atoms with Crippen LogP contribution in [0.15, 0.2) is 6.07 Å². The fourth-order valence-electron chi connectivity index (χ4n) is 1.54. The topological polar surface area (TPSA) is 46.2 Å². The molecule has 0 bridgehead atoms. The van der Waals surface area contributed by atoms with Crippen molar-refractivity contribution in [2.45, 2.75) is 26.2 Å². The van der Waals surface area contributed by atoms with Crippen molar-refractivity contribution < 1.29 is 13.5 Å². The maximum absolute atomic E-state index is 13.5. The fourth-order valence-corrected chi connectivity index (χ4v) is 1.54. The van der Waals surface area contributed by atoms with Crippen molar-refractivity contribution >= 4 is 11.6 Å². The second kappa shape index (κ2) is 8.63. The van der Waals surface area contributed by atoms with Crippen LogP contribution in [0.5, 0.6) is 0 Å². The Morgan fingerprint density at radius 2 is 1.74 bits per heavy atom. The van der Waals surface area contributed by atoms with E-state index in [9.17, 15) is 8.78 Å². The first-order valence-corrected chi connectivity index (χ1v) is 6.51. The second-order valence-electron chi connectivity index (χ2n) is 4.20. The molecule has 0 atom stereocenters. The predicted octanol–water partition coefficient (Wildman–Crippen LogP) is 3.02. The van der Waals surface area contributed by atoms with Crippen LogP contribution in [0.1, 0.15) is 26.2 Å². The summed E-state index contributed by atoms with van der Waals surface area (Å²) < 4.78 is 31.9. The van der Waals surface area contributed by atoms with Crippen LogP contribution in [0.4, 0.5) is 20.4 Å². The van der Waals surface area contributed by atoms with E-state index in [1.54, 1.807) is 7.11 Å². The average molecular weight is 273 g/mol. The molecule has 0 aromatic carbocycles. The van der Waals surface area contributed by atoms with E-state index < -0.39 is 11.6 Å². The van der Waals surface area contributed by atoms with Gasteiger partial charge in [-0.25, -0.2) is 13.8 Å². The van der Waals surface area contributed by atoms with Gasteiger partial charge in [-0.05, 0) is 19.3 Å². The Morgan fingerprint density at radius 3 is 2.32 bits per heavy atom. The van der Waals surface area contributed by atoms with Gasteiger partial charge in [-0.1, -0.05) is 6.92 Å². The molecule has 0 saturated heterocycles. The zero-order valence-corrected chi connectivity index (χ0v) is 11.4. The summed E-state index contributed by atoms with van der Waals surface area (Å²) in [5.74, 6) is -1.18. The average Bonchev–Trinajstić information content (AvgIpc) is 2.39. The molecule has 0 spiro atoms. The normalized spacial score (nSPS) is 10.5. The Bertz CT molecular complexity index is 388. The molecule has 2 N–H and O–H groups in total. The van der Waals surface area contributed by atoms with Gasteiger partial charge in [0.15, 0.2) is 23.3 Å². The monoisotopic (exact) mass is 273 g/mol. The quantitative estimate of drug-likeness (QED) is 0.679. The summed E-state index contributed by atoms with van der Waals surface area (Å²) >= 11 is 0. The van der Waals surface area contributed by atoms with Gasteiger partial charge < -0.3 is 15.4 Å². The van der Waals surface area contributed by atoms with E-state index in [1.165, 1.54) is 0 Å². The minimum Gasteiger partial charge on any atom is -0.385 e. The SMILES string of the molecule is CCCNc1nc(NCCCCOC)c(F)cc1F. The fraction of sp³-hybridized carbons (Fsp3) is 0.615. The molecular formula is C13H21F2N3O. The van der Waals surface area contributed by atoms with Crippen LogP contribution in [0.3, 0.4) is 0 Å². The van der Waals surface area contributed by atoms with E-state index in [4.69, 9.17) is 4.74 Å². The van der Waals surface area contributed by atoms with Crippen LogP contribution in [-0.4, -0.2) is 31.8 Å². The number of pyridine rings is 1. The predicted molar refractivity (Wildman–Crippen MR) is 72.5 cm³/mol. The van der Waals surface area contributed by atoms with E-state index in [2.05, 4.69) is 15.6 Å². The maximum atomic E-state index is 13.5. The number of halogens is 2. The highest BCUT2D eigenvalue weighted by Crippen LogP contribution is 2.19. The molecule has 0 radical (unpaired) electrons. The first-order chi connectivity index (χ1) is 9.19. The minimum absolute atomic E-state index is 0.0809. The summed E-state index contributed by atoms with van der Waals surface area (Å²) in [5.41, 5.74) is 0. The standard InChI is InChI=1S/C13H21F2N3O/c1-3-6-16-12-10(14)9-11(15)13(18-12)17-7-4-5-8-19-2/h9H,3-8H2,1-2H3,(H2,16,17,18). The Labute approximate surface area is 112 Å². The van der Waals surface area contributed by atoms with Crippen molar-refractivity contribution in [2.75, 3.05) is 37.4 Å². The number of hydrogen-bond donors (Lipinski definition) is 2. The highest BCUT2D eigenvalue weighted by atomic mass is 19.1. The van der Waals surface area contributed by atoms with E-state index in [0.29, 0.717) is 19.7 Å². The van der Waals surface area contributed by atoms with Gasteiger partial charge in [-0.3, -0.25) is 0 Å². The number of rotatable bonds is 9. The van der Waals surface area contributed by atoms with Gasteiger partial charge in [0, 0.05) is 32.9 Å². The molecule has 0 aliphatic carbocycles. The van der Waals surface area contributed by atoms with Crippen molar-refractivity contribution in [3.05, 3.63) is 17.7 Å². The zero-order valence-electron chi connectivity index (χ0n) is 11.4. The molecule has 6 heteroatoms. The molecule has 19 heavy (non-hydrogen) atoms.